The molecule has 86 valence electrons. The topological polar surface area (TPSA) is 0 Å². The van der Waals surface area contributed by atoms with Crippen LogP contribution in [0.3, 0.4) is 0 Å². The van der Waals surface area contributed by atoms with E-state index >= 15 is 0 Å². The normalized spacial score (nSPS) is 19.1. The SMILES string of the molecule is CCCCCC(/C=C/C=C\CBr)C1CC1. The highest BCUT2D eigenvalue weighted by molar-refractivity contribution is 9.09. The van der Waals surface area contributed by atoms with Crippen molar-refractivity contribution in [1.82, 2.24) is 0 Å². The molecule has 1 rings (SSSR count). The molecule has 0 aliphatic heterocycles. The molecular formula is C14H23Br. The largest absolute Gasteiger partial charge is 0.0883 e. The van der Waals surface area contributed by atoms with Gasteiger partial charge >= 0.3 is 0 Å². The minimum atomic E-state index is 0.858. The summed E-state index contributed by atoms with van der Waals surface area (Å²) >= 11 is 3.39. The van der Waals surface area contributed by atoms with Gasteiger partial charge < -0.3 is 0 Å². The molecule has 1 unspecified atom stereocenters. The summed E-state index contributed by atoms with van der Waals surface area (Å²) in [5, 5.41) is 0.960. The smallest absolute Gasteiger partial charge is 0.0215 e. The van der Waals surface area contributed by atoms with Crippen molar-refractivity contribution in [2.75, 3.05) is 5.33 Å². The predicted octanol–water partition coefficient (Wildman–Crippen LogP) is 5.10. The molecule has 0 bridgehead atoms. The minimum Gasteiger partial charge on any atom is -0.0883 e. The third-order valence-electron chi connectivity index (χ3n) is 3.06. The van der Waals surface area contributed by atoms with E-state index in [1.165, 1.54) is 38.5 Å². The lowest BCUT2D eigenvalue weighted by Gasteiger charge is -2.10. The summed E-state index contributed by atoms with van der Waals surface area (Å²) in [4.78, 5) is 0. The van der Waals surface area contributed by atoms with E-state index < -0.39 is 0 Å². The highest BCUT2D eigenvalue weighted by Gasteiger charge is 2.28. The number of rotatable bonds is 8. The fourth-order valence-electron chi connectivity index (χ4n) is 1.98. The average Bonchev–Trinajstić information content (AvgIpc) is 3.05. The van der Waals surface area contributed by atoms with E-state index in [0.29, 0.717) is 0 Å². The second kappa shape index (κ2) is 8.15. The lowest BCUT2D eigenvalue weighted by atomic mass is 9.96. The first-order valence-corrected chi connectivity index (χ1v) is 7.40. The predicted molar refractivity (Wildman–Crippen MR) is 72.4 cm³/mol. The summed E-state index contributed by atoms with van der Waals surface area (Å²) in [6.45, 7) is 2.28. The minimum absolute atomic E-state index is 0.858. The van der Waals surface area contributed by atoms with Crippen LogP contribution < -0.4 is 0 Å². The number of alkyl halides is 1. The summed E-state index contributed by atoms with van der Waals surface area (Å²) in [5.41, 5.74) is 0. The molecular weight excluding hydrogens is 248 g/mol. The van der Waals surface area contributed by atoms with Crippen LogP contribution in [0.2, 0.25) is 0 Å². The molecule has 0 nitrogen and oxygen atoms in total. The molecule has 1 aliphatic rings. The first kappa shape index (κ1) is 13.0. The van der Waals surface area contributed by atoms with Gasteiger partial charge in [-0.1, -0.05) is 66.4 Å². The van der Waals surface area contributed by atoms with Gasteiger partial charge in [0.05, 0.1) is 0 Å². The van der Waals surface area contributed by atoms with Crippen LogP contribution in [-0.2, 0) is 0 Å². The van der Waals surface area contributed by atoms with Gasteiger partial charge in [0.1, 0.15) is 0 Å². The molecule has 0 aromatic heterocycles. The molecule has 0 heterocycles. The third kappa shape index (κ3) is 6.19. The van der Waals surface area contributed by atoms with E-state index in [1.807, 2.05) is 0 Å². The van der Waals surface area contributed by atoms with E-state index in [9.17, 15) is 0 Å². The maximum atomic E-state index is 3.39. The third-order valence-corrected chi connectivity index (χ3v) is 3.44. The quantitative estimate of drug-likeness (QED) is 0.327. The summed E-state index contributed by atoms with van der Waals surface area (Å²) < 4.78 is 0. The van der Waals surface area contributed by atoms with Crippen molar-refractivity contribution in [2.45, 2.75) is 45.4 Å². The van der Waals surface area contributed by atoms with Crippen LogP contribution in [0.15, 0.2) is 24.3 Å². The van der Waals surface area contributed by atoms with Crippen LogP contribution in [0.25, 0.3) is 0 Å². The summed E-state index contributed by atoms with van der Waals surface area (Å²) in [6, 6.07) is 0. The fraction of sp³-hybridized carbons (Fsp3) is 0.714. The van der Waals surface area contributed by atoms with Crippen molar-refractivity contribution >= 4 is 15.9 Å². The van der Waals surface area contributed by atoms with Gasteiger partial charge in [0, 0.05) is 5.33 Å². The maximum absolute atomic E-state index is 3.39. The average molecular weight is 271 g/mol. The van der Waals surface area contributed by atoms with E-state index in [1.54, 1.807) is 0 Å². The molecule has 1 aliphatic carbocycles. The lowest BCUT2D eigenvalue weighted by Crippen LogP contribution is -1.98. The van der Waals surface area contributed by atoms with Crippen molar-refractivity contribution in [3.05, 3.63) is 24.3 Å². The highest BCUT2D eigenvalue weighted by Crippen LogP contribution is 2.40. The second-order valence-electron chi connectivity index (χ2n) is 4.46. The molecule has 1 saturated carbocycles. The van der Waals surface area contributed by atoms with Gasteiger partial charge in [0.15, 0.2) is 0 Å². The molecule has 0 saturated heterocycles. The zero-order valence-electron chi connectivity index (χ0n) is 9.79. The Labute approximate surface area is 103 Å². The second-order valence-corrected chi connectivity index (χ2v) is 5.11. The van der Waals surface area contributed by atoms with Crippen LogP contribution >= 0.6 is 15.9 Å². The van der Waals surface area contributed by atoms with Gasteiger partial charge in [-0.2, -0.15) is 0 Å². The number of unbranched alkanes of at least 4 members (excludes halogenated alkanes) is 2. The van der Waals surface area contributed by atoms with Crippen molar-refractivity contribution in [1.29, 1.82) is 0 Å². The number of halogens is 1. The zero-order valence-corrected chi connectivity index (χ0v) is 11.4. The Hall–Kier alpha value is -0.0400. The summed E-state index contributed by atoms with van der Waals surface area (Å²) in [7, 11) is 0. The molecule has 1 heteroatoms. The van der Waals surface area contributed by atoms with Crippen LogP contribution in [0.5, 0.6) is 0 Å². The molecule has 0 amide bonds. The van der Waals surface area contributed by atoms with Gasteiger partial charge in [-0.05, 0) is 31.1 Å². The fourth-order valence-corrected chi connectivity index (χ4v) is 2.20. The Kier molecular flexibility index (Phi) is 7.08. The molecule has 1 atom stereocenters. The highest BCUT2D eigenvalue weighted by atomic mass is 79.9. The van der Waals surface area contributed by atoms with E-state index in [2.05, 4.69) is 47.2 Å². The first-order valence-electron chi connectivity index (χ1n) is 6.27. The van der Waals surface area contributed by atoms with Gasteiger partial charge in [0.2, 0.25) is 0 Å². The molecule has 0 spiro atoms. The Bertz CT molecular complexity index is 201. The van der Waals surface area contributed by atoms with Crippen LogP contribution in [-0.4, -0.2) is 5.33 Å². The molecule has 0 aromatic carbocycles. The summed E-state index contributed by atoms with van der Waals surface area (Å²) in [5.74, 6) is 1.87. The van der Waals surface area contributed by atoms with Gasteiger partial charge in [-0.15, -0.1) is 0 Å². The van der Waals surface area contributed by atoms with E-state index in [0.717, 1.165) is 17.2 Å². The zero-order chi connectivity index (χ0) is 10.9. The van der Waals surface area contributed by atoms with Crippen LogP contribution in [0, 0.1) is 11.8 Å². The van der Waals surface area contributed by atoms with E-state index in [4.69, 9.17) is 0 Å². The van der Waals surface area contributed by atoms with Gasteiger partial charge in [0.25, 0.3) is 0 Å². The molecule has 0 radical (unpaired) electrons. The Morgan fingerprint density at radius 3 is 2.67 bits per heavy atom. The molecule has 15 heavy (non-hydrogen) atoms. The Morgan fingerprint density at radius 2 is 2.07 bits per heavy atom. The van der Waals surface area contributed by atoms with Crippen molar-refractivity contribution in [2.24, 2.45) is 11.8 Å². The molecule has 0 N–H and O–H groups in total. The molecule has 0 aromatic rings. The van der Waals surface area contributed by atoms with Crippen molar-refractivity contribution in [3.63, 3.8) is 0 Å². The number of hydrogen-bond donors (Lipinski definition) is 0. The maximum Gasteiger partial charge on any atom is 0.0215 e. The summed E-state index contributed by atoms with van der Waals surface area (Å²) in [6.07, 6.45) is 17.4. The van der Waals surface area contributed by atoms with Crippen LogP contribution in [0.4, 0.5) is 0 Å². The molecule has 1 fully saturated rings. The van der Waals surface area contributed by atoms with Gasteiger partial charge in [-0.25, -0.2) is 0 Å². The Morgan fingerprint density at radius 1 is 1.27 bits per heavy atom. The monoisotopic (exact) mass is 270 g/mol. The van der Waals surface area contributed by atoms with Crippen LogP contribution in [0.1, 0.15) is 45.4 Å². The van der Waals surface area contributed by atoms with Gasteiger partial charge in [-0.3, -0.25) is 0 Å². The first-order chi connectivity index (χ1) is 7.38. The standard InChI is InChI=1S/C14H23Br/c1-2-3-5-8-13(14-10-11-14)9-6-4-7-12-15/h4,6-7,9,13-14H,2-3,5,8,10-12H2,1H3/b7-4-,9-6+. The van der Waals surface area contributed by atoms with Crippen molar-refractivity contribution in [3.8, 4) is 0 Å². The Balaban J connectivity index is 2.23. The lowest BCUT2D eigenvalue weighted by molar-refractivity contribution is 0.489. The van der Waals surface area contributed by atoms with E-state index in [-0.39, 0.29) is 0 Å². The number of hydrogen-bond acceptors (Lipinski definition) is 0. The number of allylic oxidation sites excluding steroid dienone is 4. The van der Waals surface area contributed by atoms with Crippen molar-refractivity contribution < 1.29 is 0 Å².